The fourth-order valence-corrected chi connectivity index (χ4v) is 5.49. The Bertz CT molecular complexity index is 1660. The van der Waals surface area contributed by atoms with Gasteiger partial charge in [-0.2, -0.15) is 0 Å². The van der Waals surface area contributed by atoms with Crippen LogP contribution in [0.3, 0.4) is 0 Å². The van der Waals surface area contributed by atoms with Crippen molar-refractivity contribution in [1.29, 1.82) is 0 Å². The number of carboxylic acid groups (broad SMARTS) is 3. The molecule has 0 aromatic rings. The molecule has 342 valence electrons. The number of hydrogen-bond donors (Lipinski definition) is 15. The molecule has 28 nitrogen and oxygen atoms in total. The standard InChI is InChI=1S/C33H54N12O16/c1-15(47)26(32(60)61)44-31(59)20-5-3-9-45(20)23(50)13-40-29(57)19(10-25(53)54)42-22(49)12-39-28(56)17(4-2-8-37-33(35)36)43-30(58)18(6-7-24(51)52)41-21(48)11-38-27(55)16(34)14-46/h15-20,26,46-47H,2-14,34H2,1H3,(H,38,55)(H,39,56)(H,40,57)(H,41,48)(H,42,49)(H,43,58)(H,44,59)(H,51,52)(H,53,54)(H,60,61)(H4,35,36,37)/t15-,16+,17+,18+,19+,20+,26+/m1/s1. The number of carboxylic acids is 3. The summed E-state index contributed by atoms with van der Waals surface area (Å²) in [4.78, 5) is 141. The Hall–Kier alpha value is -6.68. The molecule has 1 aliphatic heterocycles. The van der Waals surface area contributed by atoms with Crippen LogP contribution in [-0.4, -0.2) is 183 Å². The molecule has 0 spiro atoms. The minimum absolute atomic E-state index is 0.0361. The van der Waals surface area contributed by atoms with Gasteiger partial charge < -0.3 is 84.9 Å². The molecule has 1 heterocycles. The number of carbonyl (C=O) groups is 11. The first-order valence-corrected chi connectivity index (χ1v) is 18.7. The van der Waals surface area contributed by atoms with Gasteiger partial charge in [-0.05, 0) is 39.0 Å². The van der Waals surface area contributed by atoms with Gasteiger partial charge in [0, 0.05) is 19.5 Å². The van der Waals surface area contributed by atoms with E-state index in [1.165, 1.54) is 0 Å². The number of rotatable bonds is 27. The van der Waals surface area contributed by atoms with E-state index < -0.39 is 153 Å². The predicted octanol–water partition coefficient (Wildman–Crippen LogP) is -8.56. The summed E-state index contributed by atoms with van der Waals surface area (Å²) < 4.78 is 0. The molecule has 0 radical (unpaired) electrons. The van der Waals surface area contributed by atoms with E-state index in [0.29, 0.717) is 6.42 Å². The number of aliphatic hydroxyl groups excluding tert-OH is 2. The van der Waals surface area contributed by atoms with Gasteiger partial charge in [0.2, 0.25) is 47.3 Å². The van der Waals surface area contributed by atoms with Crippen molar-refractivity contribution in [3.05, 3.63) is 0 Å². The third kappa shape index (κ3) is 19.8. The zero-order valence-electron chi connectivity index (χ0n) is 33.1. The highest BCUT2D eigenvalue weighted by Gasteiger charge is 2.37. The second-order valence-corrected chi connectivity index (χ2v) is 13.5. The van der Waals surface area contributed by atoms with E-state index in [1.807, 2.05) is 0 Å². The van der Waals surface area contributed by atoms with Crippen molar-refractivity contribution in [3.8, 4) is 0 Å². The number of aliphatic hydroxyl groups is 2. The van der Waals surface area contributed by atoms with Crippen LogP contribution >= 0.6 is 0 Å². The predicted molar refractivity (Wildman–Crippen MR) is 205 cm³/mol. The number of guanidine groups is 1. The molecular weight excluding hydrogens is 820 g/mol. The van der Waals surface area contributed by atoms with E-state index in [-0.39, 0.29) is 38.3 Å². The van der Waals surface area contributed by atoms with Crippen LogP contribution in [-0.2, 0) is 52.7 Å². The summed E-state index contributed by atoms with van der Waals surface area (Å²) >= 11 is 0. The Balaban J connectivity index is 3.01. The number of hydrogen-bond acceptors (Lipinski definition) is 15. The number of nitrogens with zero attached hydrogens (tertiary/aromatic N) is 2. The molecule has 1 fully saturated rings. The Morgan fingerprint density at radius 2 is 1.30 bits per heavy atom. The molecule has 1 rings (SSSR count). The van der Waals surface area contributed by atoms with Crippen LogP contribution in [0.4, 0.5) is 0 Å². The molecule has 28 heteroatoms. The van der Waals surface area contributed by atoms with Gasteiger partial charge in [-0.1, -0.05) is 0 Å². The van der Waals surface area contributed by atoms with Gasteiger partial charge in [0.15, 0.2) is 12.0 Å². The molecular formula is C33H54N12O16. The Morgan fingerprint density at radius 1 is 0.738 bits per heavy atom. The van der Waals surface area contributed by atoms with Crippen molar-refractivity contribution >= 4 is 71.1 Å². The first-order valence-electron chi connectivity index (χ1n) is 18.7. The maximum absolute atomic E-state index is 13.3. The molecule has 0 aromatic heterocycles. The third-order valence-corrected chi connectivity index (χ3v) is 8.62. The number of aliphatic imine (C=N–C) groups is 1. The first-order chi connectivity index (χ1) is 28.6. The fraction of sp³-hybridized carbons (Fsp3) is 0.636. The van der Waals surface area contributed by atoms with Crippen LogP contribution < -0.4 is 54.4 Å². The lowest BCUT2D eigenvalue weighted by atomic mass is 10.1. The van der Waals surface area contributed by atoms with Crippen molar-refractivity contribution < 1.29 is 78.3 Å². The molecule has 8 amide bonds. The molecule has 7 atom stereocenters. The van der Waals surface area contributed by atoms with Gasteiger partial charge in [-0.3, -0.25) is 52.9 Å². The molecule has 0 aromatic carbocycles. The van der Waals surface area contributed by atoms with Crippen molar-refractivity contribution in [3.63, 3.8) is 0 Å². The molecule has 0 aliphatic carbocycles. The minimum atomic E-state index is -1.80. The summed E-state index contributed by atoms with van der Waals surface area (Å²) in [5.74, 6) is -12.6. The zero-order valence-corrected chi connectivity index (χ0v) is 33.1. The van der Waals surface area contributed by atoms with Crippen molar-refractivity contribution in [1.82, 2.24) is 42.1 Å². The van der Waals surface area contributed by atoms with Crippen molar-refractivity contribution in [2.45, 2.75) is 94.2 Å². The molecule has 0 unspecified atom stereocenters. The average Bonchev–Trinajstić information content (AvgIpc) is 3.69. The number of aliphatic carboxylic acids is 3. The number of carbonyl (C=O) groups excluding carboxylic acids is 8. The summed E-state index contributed by atoms with van der Waals surface area (Å²) in [5.41, 5.74) is 16.0. The van der Waals surface area contributed by atoms with Gasteiger partial charge in [0.1, 0.15) is 30.2 Å². The van der Waals surface area contributed by atoms with E-state index in [4.69, 9.17) is 27.4 Å². The van der Waals surface area contributed by atoms with Gasteiger partial charge >= 0.3 is 17.9 Å². The second kappa shape index (κ2) is 26.4. The summed E-state index contributed by atoms with van der Waals surface area (Å²) in [7, 11) is 0. The molecule has 18 N–H and O–H groups in total. The van der Waals surface area contributed by atoms with E-state index in [9.17, 15) is 68.1 Å². The number of likely N-dealkylation sites (tertiary alicyclic amines) is 1. The van der Waals surface area contributed by atoms with E-state index in [1.54, 1.807) is 0 Å². The summed E-state index contributed by atoms with van der Waals surface area (Å²) in [5, 5.41) is 61.7. The lowest BCUT2D eigenvalue weighted by Gasteiger charge is -2.26. The number of nitrogens with one attached hydrogen (secondary N) is 7. The second-order valence-electron chi connectivity index (χ2n) is 13.5. The minimum Gasteiger partial charge on any atom is -0.481 e. The van der Waals surface area contributed by atoms with Gasteiger partial charge in [-0.15, -0.1) is 0 Å². The molecule has 1 aliphatic rings. The van der Waals surface area contributed by atoms with Crippen LogP contribution in [0.1, 0.15) is 51.9 Å². The molecule has 1 saturated heterocycles. The van der Waals surface area contributed by atoms with E-state index in [0.717, 1.165) is 11.8 Å². The Labute approximate surface area is 347 Å². The lowest BCUT2D eigenvalue weighted by molar-refractivity contribution is -0.146. The SMILES string of the molecule is C[C@@H](O)[C@H](NC(=O)[C@@H]1CCCN1C(=O)CNC(=O)[C@H](CC(=O)O)NC(=O)CNC(=O)[C@H](CCCN=C(N)N)NC(=O)[C@H](CCC(=O)O)NC(=O)CNC(=O)[C@@H](N)CO)C(=O)O. The van der Waals surface area contributed by atoms with Crippen LogP contribution in [0.25, 0.3) is 0 Å². The monoisotopic (exact) mass is 874 g/mol. The Morgan fingerprint density at radius 3 is 1.84 bits per heavy atom. The number of amides is 8. The highest BCUT2D eigenvalue weighted by Crippen LogP contribution is 2.18. The van der Waals surface area contributed by atoms with Gasteiger partial charge in [-0.25, -0.2) is 4.79 Å². The van der Waals surface area contributed by atoms with E-state index in [2.05, 4.69) is 42.2 Å². The lowest BCUT2D eigenvalue weighted by Crippen LogP contribution is -2.57. The normalized spacial score (nSPS) is 16.1. The van der Waals surface area contributed by atoms with Crippen LogP contribution in [0.2, 0.25) is 0 Å². The summed E-state index contributed by atoms with van der Waals surface area (Å²) in [6.07, 6.45) is -3.23. The fourth-order valence-electron chi connectivity index (χ4n) is 5.49. The zero-order chi connectivity index (χ0) is 46.4. The maximum Gasteiger partial charge on any atom is 0.328 e. The van der Waals surface area contributed by atoms with Crippen LogP contribution in [0, 0.1) is 0 Å². The van der Waals surface area contributed by atoms with Gasteiger partial charge in [0.25, 0.3) is 0 Å². The van der Waals surface area contributed by atoms with Crippen molar-refractivity contribution in [2.24, 2.45) is 22.2 Å². The average molecular weight is 875 g/mol. The highest BCUT2D eigenvalue weighted by molar-refractivity contribution is 5.97. The molecule has 0 bridgehead atoms. The Kier molecular flexibility index (Phi) is 22.7. The summed E-state index contributed by atoms with van der Waals surface area (Å²) in [6, 6.07) is -9.01. The van der Waals surface area contributed by atoms with Crippen molar-refractivity contribution in [2.75, 3.05) is 39.3 Å². The smallest absolute Gasteiger partial charge is 0.328 e. The first kappa shape index (κ1) is 52.3. The van der Waals surface area contributed by atoms with Crippen LogP contribution in [0.15, 0.2) is 4.99 Å². The quantitative estimate of drug-likeness (QED) is 0.0207. The molecule has 0 saturated carbocycles. The topological polar surface area (TPSA) is 467 Å². The third-order valence-electron chi connectivity index (χ3n) is 8.62. The van der Waals surface area contributed by atoms with E-state index >= 15 is 0 Å². The van der Waals surface area contributed by atoms with Gasteiger partial charge in [0.05, 0.1) is 38.8 Å². The number of nitrogens with two attached hydrogens (primary N) is 3. The van der Waals surface area contributed by atoms with Crippen LogP contribution in [0.5, 0.6) is 0 Å². The largest absolute Gasteiger partial charge is 0.481 e. The molecule has 61 heavy (non-hydrogen) atoms. The maximum atomic E-state index is 13.3. The summed E-state index contributed by atoms with van der Waals surface area (Å²) in [6.45, 7) is -1.98. The highest BCUT2D eigenvalue weighted by atomic mass is 16.4.